The van der Waals surface area contributed by atoms with E-state index in [2.05, 4.69) is 15.4 Å². The normalized spacial score (nSPS) is 11.6. The molecule has 0 saturated carbocycles. The third-order valence-electron chi connectivity index (χ3n) is 4.46. The van der Waals surface area contributed by atoms with Crippen molar-refractivity contribution < 1.29 is 22.4 Å². The van der Waals surface area contributed by atoms with Crippen LogP contribution in [0.3, 0.4) is 0 Å². The van der Waals surface area contributed by atoms with Gasteiger partial charge in [-0.15, -0.1) is 0 Å². The number of rotatable bonds is 3. The van der Waals surface area contributed by atoms with Crippen LogP contribution in [0.15, 0.2) is 60.7 Å². The number of alkyl halides is 3. The molecule has 0 unspecified atom stereocenters. The highest BCUT2D eigenvalue weighted by Gasteiger charge is 2.33. The van der Waals surface area contributed by atoms with Gasteiger partial charge in [0, 0.05) is 17.3 Å². The Bertz CT molecular complexity index is 1250. The van der Waals surface area contributed by atoms with E-state index in [1.807, 2.05) is 0 Å². The van der Waals surface area contributed by atoms with Gasteiger partial charge in [-0.1, -0.05) is 12.1 Å². The molecule has 0 aliphatic heterocycles. The van der Waals surface area contributed by atoms with E-state index in [1.54, 1.807) is 25.1 Å². The molecular formula is C21H14F4N4O. The van der Waals surface area contributed by atoms with Crippen LogP contribution in [-0.2, 0) is 6.18 Å². The third-order valence-corrected chi connectivity index (χ3v) is 4.46. The number of carbonyl (C=O) groups excluding carboxylic acids is 1. The number of aromatic nitrogens is 3. The highest BCUT2D eigenvalue weighted by Crippen LogP contribution is 2.34. The van der Waals surface area contributed by atoms with Crippen LogP contribution in [-0.4, -0.2) is 20.5 Å². The van der Waals surface area contributed by atoms with Gasteiger partial charge in [0.05, 0.1) is 16.9 Å². The van der Waals surface area contributed by atoms with E-state index < -0.39 is 17.6 Å². The van der Waals surface area contributed by atoms with Crippen molar-refractivity contribution in [3.05, 3.63) is 83.4 Å². The van der Waals surface area contributed by atoms with Gasteiger partial charge in [-0.05, 0) is 49.4 Å². The number of hydrogen-bond acceptors (Lipinski definition) is 3. The van der Waals surface area contributed by atoms with Gasteiger partial charge < -0.3 is 5.32 Å². The number of halogens is 4. The van der Waals surface area contributed by atoms with E-state index in [-0.39, 0.29) is 17.2 Å². The Morgan fingerprint density at radius 1 is 1.03 bits per heavy atom. The molecule has 4 rings (SSSR count). The number of hydrogen-bond donors (Lipinski definition) is 1. The van der Waals surface area contributed by atoms with Crippen LogP contribution in [0, 0.1) is 12.7 Å². The van der Waals surface area contributed by atoms with Crippen molar-refractivity contribution in [3.63, 3.8) is 0 Å². The van der Waals surface area contributed by atoms with Gasteiger partial charge in [0.25, 0.3) is 5.91 Å². The molecule has 1 amide bonds. The first kappa shape index (κ1) is 19.6. The van der Waals surface area contributed by atoms with E-state index in [4.69, 9.17) is 0 Å². The summed E-state index contributed by atoms with van der Waals surface area (Å²) in [6, 6.07) is 13.6. The van der Waals surface area contributed by atoms with Gasteiger partial charge in [-0.25, -0.2) is 13.9 Å². The van der Waals surface area contributed by atoms with Crippen molar-refractivity contribution in [2.45, 2.75) is 13.1 Å². The molecule has 152 valence electrons. The second-order valence-corrected chi connectivity index (χ2v) is 6.59. The fraction of sp³-hybridized carbons (Fsp3) is 0.0952. The molecule has 0 aliphatic rings. The number of nitrogens with one attached hydrogen (secondary N) is 1. The standard InChI is InChI=1S/C21H14F4N4O/c1-12-10-17(13-6-8-14(22)9-7-13)26-19-11-18(28-29(12)19)20(30)27-16-5-3-2-4-15(16)21(23,24)25/h2-11H,1H3,(H,27,30). The Kier molecular flexibility index (Phi) is 4.73. The topological polar surface area (TPSA) is 59.3 Å². The monoisotopic (exact) mass is 414 g/mol. The number of nitrogens with zero attached hydrogens (tertiary/aromatic N) is 3. The molecule has 5 nitrogen and oxygen atoms in total. The van der Waals surface area contributed by atoms with Crippen LogP contribution in [0.4, 0.5) is 23.2 Å². The Hall–Kier alpha value is -3.75. The van der Waals surface area contributed by atoms with Crippen molar-refractivity contribution in [3.8, 4) is 11.3 Å². The first-order valence-corrected chi connectivity index (χ1v) is 8.83. The number of amides is 1. The lowest BCUT2D eigenvalue weighted by Crippen LogP contribution is -2.17. The van der Waals surface area contributed by atoms with E-state index in [0.29, 0.717) is 22.6 Å². The summed E-state index contributed by atoms with van der Waals surface area (Å²) < 4.78 is 54.0. The Morgan fingerprint density at radius 3 is 2.43 bits per heavy atom. The Morgan fingerprint density at radius 2 is 1.73 bits per heavy atom. The summed E-state index contributed by atoms with van der Waals surface area (Å²) in [6.07, 6.45) is -4.61. The van der Waals surface area contributed by atoms with Crippen LogP contribution in [0.1, 0.15) is 21.7 Å². The molecule has 0 fully saturated rings. The Balaban J connectivity index is 1.68. The molecule has 0 aliphatic carbocycles. The summed E-state index contributed by atoms with van der Waals surface area (Å²) in [6.45, 7) is 1.75. The molecule has 2 aromatic carbocycles. The Labute approximate surface area is 168 Å². The van der Waals surface area contributed by atoms with Crippen molar-refractivity contribution in [1.29, 1.82) is 0 Å². The molecule has 2 heterocycles. The fourth-order valence-electron chi connectivity index (χ4n) is 3.03. The van der Waals surface area contributed by atoms with Gasteiger partial charge in [0.2, 0.25) is 0 Å². The predicted octanol–water partition coefficient (Wildman–Crippen LogP) is 5.11. The van der Waals surface area contributed by atoms with Crippen molar-refractivity contribution >= 4 is 17.2 Å². The molecule has 0 atom stereocenters. The summed E-state index contributed by atoms with van der Waals surface area (Å²) in [5, 5.41) is 6.41. The van der Waals surface area contributed by atoms with Crippen LogP contribution in [0.5, 0.6) is 0 Å². The average molecular weight is 414 g/mol. The summed E-state index contributed by atoms with van der Waals surface area (Å²) in [5.74, 6) is -1.17. The minimum atomic E-state index is -4.61. The van der Waals surface area contributed by atoms with E-state index >= 15 is 0 Å². The zero-order valence-electron chi connectivity index (χ0n) is 15.5. The third kappa shape index (κ3) is 3.73. The van der Waals surface area contributed by atoms with Crippen molar-refractivity contribution in [2.24, 2.45) is 0 Å². The van der Waals surface area contributed by atoms with E-state index in [0.717, 1.165) is 6.07 Å². The summed E-state index contributed by atoms with van der Waals surface area (Å²) in [4.78, 5) is 17.0. The number of aryl methyl sites for hydroxylation is 1. The molecule has 4 aromatic rings. The van der Waals surface area contributed by atoms with Gasteiger partial charge in [-0.3, -0.25) is 4.79 Å². The van der Waals surface area contributed by atoms with Gasteiger partial charge in [-0.2, -0.15) is 18.3 Å². The lowest BCUT2D eigenvalue weighted by Gasteiger charge is -2.12. The molecular weight excluding hydrogens is 400 g/mol. The van der Waals surface area contributed by atoms with Crippen molar-refractivity contribution in [1.82, 2.24) is 14.6 Å². The minimum absolute atomic E-state index is 0.0844. The maximum atomic E-state index is 13.2. The summed E-state index contributed by atoms with van der Waals surface area (Å²) in [7, 11) is 0. The molecule has 9 heteroatoms. The van der Waals surface area contributed by atoms with E-state index in [9.17, 15) is 22.4 Å². The molecule has 0 bridgehead atoms. The average Bonchev–Trinajstić information content (AvgIpc) is 3.13. The first-order chi connectivity index (χ1) is 14.2. The van der Waals surface area contributed by atoms with Crippen LogP contribution in [0.2, 0.25) is 0 Å². The first-order valence-electron chi connectivity index (χ1n) is 8.83. The van der Waals surface area contributed by atoms with Crippen LogP contribution < -0.4 is 5.32 Å². The molecule has 0 radical (unpaired) electrons. The summed E-state index contributed by atoms with van der Waals surface area (Å²) in [5.41, 5.74) is 0.817. The number of fused-ring (bicyclic) bond motifs is 1. The molecule has 30 heavy (non-hydrogen) atoms. The molecule has 0 saturated heterocycles. The number of para-hydroxylation sites is 1. The second kappa shape index (κ2) is 7.25. The SMILES string of the molecule is Cc1cc(-c2ccc(F)cc2)nc2cc(C(=O)Nc3ccccc3C(F)(F)F)nn12. The maximum Gasteiger partial charge on any atom is 0.418 e. The molecule has 0 spiro atoms. The summed E-state index contributed by atoms with van der Waals surface area (Å²) >= 11 is 0. The molecule has 1 N–H and O–H groups in total. The number of carbonyl (C=O) groups is 1. The number of anilines is 1. The molecule has 2 aromatic heterocycles. The zero-order valence-corrected chi connectivity index (χ0v) is 15.5. The largest absolute Gasteiger partial charge is 0.418 e. The highest BCUT2D eigenvalue weighted by atomic mass is 19.4. The highest BCUT2D eigenvalue weighted by molar-refractivity contribution is 6.04. The maximum absolute atomic E-state index is 13.2. The predicted molar refractivity (Wildman–Crippen MR) is 103 cm³/mol. The minimum Gasteiger partial charge on any atom is -0.320 e. The van der Waals surface area contributed by atoms with Crippen LogP contribution in [0.25, 0.3) is 16.9 Å². The smallest absolute Gasteiger partial charge is 0.320 e. The van der Waals surface area contributed by atoms with Gasteiger partial charge in [0.15, 0.2) is 11.3 Å². The fourth-order valence-corrected chi connectivity index (χ4v) is 3.03. The number of benzene rings is 2. The quantitative estimate of drug-likeness (QED) is 0.474. The zero-order chi connectivity index (χ0) is 21.5. The van der Waals surface area contributed by atoms with E-state index in [1.165, 1.54) is 40.9 Å². The van der Waals surface area contributed by atoms with Gasteiger partial charge >= 0.3 is 6.18 Å². The van der Waals surface area contributed by atoms with Crippen molar-refractivity contribution in [2.75, 3.05) is 5.32 Å². The van der Waals surface area contributed by atoms with Gasteiger partial charge in [0.1, 0.15) is 5.82 Å². The second-order valence-electron chi connectivity index (χ2n) is 6.59. The van der Waals surface area contributed by atoms with Crippen LogP contribution >= 0.6 is 0 Å². The lowest BCUT2D eigenvalue weighted by molar-refractivity contribution is -0.136. The lowest BCUT2D eigenvalue weighted by atomic mass is 10.1.